The Morgan fingerprint density at radius 2 is 2.54 bits per heavy atom. The highest BCUT2D eigenvalue weighted by molar-refractivity contribution is 8.00. The molecule has 2 fully saturated rings. The van der Waals surface area contributed by atoms with Crippen LogP contribution < -0.4 is 0 Å². The zero-order valence-corrected chi connectivity index (χ0v) is 8.17. The molecule has 0 unspecified atom stereocenters. The van der Waals surface area contributed by atoms with E-state index >= 15 is 0 Å². The quantitative estimate of drug-likeness (QED) is 0.474. The number of amides is 1. The third kappa shape index (κ3) is 1.52. The van der Waals surface area contributed by atoms with E-state index in [1.165, 1.54) is 6.92 Å². The molecule has 0 spiro atoms. The number of hydrogen-bond donors (Lipinski definition) is 0. The second-order valence-corrected chi connectivity index (χ2v) is 4.46. The largest absolute Gasteiger partial charge is 0.464 e. The number of β-lactam (4-membered cyclic amide) rings is 1. The number of rotatable bonds is 2. The van der Waals surface area contributed by atoms with Gasteiger partial charge in [-0.2, -0.15) is 0 Å². The summed E-state index contributed by atoms with van der Waals surface area (Å²) in [6.45, 7) is 1.74. The van der Waals surface area contributed by atoms with Crippen LogP contribution >= 0.6 is 11.8 Å². The highest BCUT2D eigenvalue weighted by Gasteiger charge is 2.46. The smallest absolute Gasteiger partial charge is 0.302 e. The van der Waals surface area contributed by atoms with Crippen molar-refractivity contribution in [3.8, 4) is 0 Å². The number of hydrogen-bond acceptors (Lipinski definition) is 4. The Hall–Kier alpha value is -0.710. The Morgan fingerprint density at radius 1 is 1.77 bits per heavy atom. The molecule has 2 aliphatic heterocycles. The maximum Gasteiger partial charge on any atom is 0.302 e. The van der Waals surface area contributed by atoms with Crippen molar-refractivity contribution in [3.05, 3.63) is 0 Å². The molecular weight excluding hydrogens is 190 g/mol. The normalized spacial score (nSPS) is 31.2. The van der Waals surface area contributed by atoms with E-state index in [1.54, 1.807) is 11.8 Å². The van der Waals surface area contributed by atoms with Gasteiger partial charge < -0.3 is 9.64 Å². The van der Waals surface area contributed by atoms with E-state index in [2.05, 4.69) is 0 Å². The molecule has 2 aliphatic rings. The average Bonchev–Trinajstić information content (AvgIpc) is 2.37. The van der Waals surface area contributed by atoms with E-state index in [9.17, 15) is 9.59 Å². The van der Waals surface area contributed by atoms with Crippen LogP contribution in [0.5, 0.6) is 0 Å². The van der Waals surface area contributed by atoms with Gasteiger partial charge in [-0.15, -0.1) is 11.8 Å². The van der Waals surface area contributed by atoms with Crippen molar-refractivity contribution in [2.45, 2.75) is 24.8 Å². The van der Waals surface area contributed by atoms with Crippen LogP contribution in [0.4, 0.5) is 0 Å². The molecule has 0 aromatic rings. The number of carbonyl (C=O) groups excluding carboxylic acids is 2. The summed E-state index contributed by atoms with van der Waals surface area (Å²) in [7, 11) is 0. The zero-order valence-electron chi connectivity index (χ0n) is 7.36. The molecule has 2 atom stereocenters. The van der Waals surface area contributed by atoms with Gasteiger partial charge in [-0.05, 0) is 0 Å². The Balaban J connectivity index is 1.87. The van der Waals surface area contributed by atoms with Gasteiger partial charge in [0.05, 0.1) is 17.8 Å². The van der Waals surface area contributed by atoms with Crippen molar-refractivity contribution < 1.29 is 14.3 Å². The molecule has 0 radical (unpaired) electrons. The fraction of sp³-hybridized carbons (Fsp3) is 0.750. The predicted molar refractivity (Wildman–Crippen MR) is 48.1 cm³/mol. The highest BCUT2D eigenvalue weighted by Crippen LogP contribution is 2.39. The molecule has 0 aliphatic carbocycles. The molecule has 0 N–H and O–H groups in total. The third-order valence-corrected chi connectivity index (χ3v) is 3.66. The number of fused-ring (bicyclic) bond motifs is 1. The summed E-state index contributed by atoms with van der Waals surface area (Å²) in [5.41, 5.74) is 0. The van der Waals surface area contributed by atoms with Gasteiger partial charge >= 0.3 is 5.97 Å². The Labute approximate surface area is 80.6 Å². The third-order valence-electron chi connectivity index (χ3n) is 2.30. The van der Waals surface area contributed by atoms with Crippen LogP contribution in [0.2, 0.25) is 0 Å². The van der Waals surface area contributed by atoms with Crippen LogP contribution in [0.15, 0.2) is 0 Å². The molecule has 2 saturated heterocycles. The molecule has 1 amide bonds. The van der Waals surface area contributed by atoms with Gasteiger partial charge in [-0.25, -0.2) is 0 Å². The number of carbonyl (C=O) groups is 2. The highest BCUT2D eigenvalue weighted by atomic mass is 32.2. The standard InChI is InChI=1S/C8H11NO3S/c1-5(10)12-3-6-4-13-8-2-7(11)9(6)8/h6,8H,2-4H2,1H3/t6-,8+/m0/s1. The van der Waals surface area contributed by atoms with Crippen molar-refractivity contribution in [2.75, 3.05) is 12.4 Å². The summed E-state index contributed by atoms with van der Waals surface area (Å²) >= 11 is 1.77. The summed E-state index contributed by atoms with van der Waals surface area (Å²) in [6.07, 6.45) is 0.654. The minimum atomic E-state index is -0.276. The van der Waals surface area contributed by atoms with Crippen molar-refractivity contribution in [2.24, 2.45) is 0 Å². The summed E-state index contributed by atoms with van der Waals surface area (Å²) in [6, 6.07) is 0.111. The van der Waals surface area contributed by atoms with Gasteiger partial charge in [-0.1, -0.05) is 0 Å². The van der Waals surface area contributed by atoms with Gasteiger partial charge in [0.15, 0.2) is 0 Å². The van der Waals surface area contributed by atoms with Crippen molar-refractivity contribution >= 4 is 23.6 Å². The molecule has 0 aromatic heterocycles. The lowest BCUT2D eigenvalue weighted by molar-refractivity contribution is -0.150. The molecule has 0 aromatic carbocycles. The Morgan fingerprint density at radius 3 is 3.15 bits per heavy atom. The molecule has 2 rings (SSSR count). The van der Waals surface area contributed by atoms with Crippen LogP contribution in [0.1, 0.15) is 13.3 Å². The number of nitrogens with zero attached hydrogens (tertiary/aromatic N) is 1. The van der Waals surface area contributed by atoms with E-state index in [1.807, 2.05) is 4.90 Å². The molecular formula is C8H11NO3S. The molecule has 4 nitrogen and oxygen atoms in total. The first-order chi connectivity index (χ1) is 6.18. The van der Waals surface area contributed by atoms with Crippen LogP contribution in [-0.4, -0.2) is 40.6 Å². The lowest BCUT2D eigenvalue weighted by atomic mass is 10.1. The summed E-state index contributed by atoms with van der Waals surface area (Å²) < 4.78 is 4.88. The second kappa shape index (κ2) is 3.21. The first kappa shape index (κ1) is 8.87. The molecule has 13 heavy (non-hydrogen) atoms. The Bertz CT molecular complexity index is 256. The summed E-state index contributed by atoms with van der Waals surface area (Å²) in [5.74, 6) is 0.803. The molecule has 72 valence electrons. The van der Waals surface area contributed by atoms with E-state index in [-0.39, 0.29) is 17.9 Å². The van der Waals surface area contributed by atoms with Crippen molar-refractivity contribution in [1.82, 2.24) is 4.90 Å². The van der Waals surface area contributed by atoms with E-state index in [0.717, 1.165) is 5.75 Å². The van der Waals surface area contributed by atoms with Gasteiger partial charge in [0.1, 0.15) is 6.61 Å². The lowest BCUT2D eigenvalue weighted by Crippen LogP contribution is -2.53. The van der Waals surface area contributed by atoms with Crippen molar-refractivity contribution in [1.29, 1.82) is 0 Å². The first-order valence-electron chi connectivity index (χ1n) is 4.24. The zero-order chi connectivity index (χ0) is 9.42. The minimum Gasteiger partial charge on any atom is -0.464 e. The average molecular weight is 201 g/mol. The van der Waals surface area contributed by atoms with Crippen LogP contribution in [0.25, 0.3) is 0 Å². The molecule has 5 heteroatoms. The van der Waals surface area contributed by atoms with Crippen LogP contribution in [-0.2, 0) is 14.3 Å². The summed E-state index contributed by atoms with van der Waals surface area (Å²) in [5, 5.41) is 0.355. The molecule has 0 saturated carbocycles. The van der Waals surface area contributed by atoms with Gasteiger partial charge in [0.25, 0.3) is 0 Å². The molecule has 0 bridgehead atoms. The lowest BCUT2D eigenvalue weighted by Gasteiger charge is -2.37. The summed E-state index contributed by atoms with van der Waals surface area (Å²) in [4.78, 5) is 23.5. The number of esters is 1. The van der Waals surface area contributed by atoms with Crippen LogP contribution in [0.3, 0.4) is 0 Å². The van der Waals surface area contributed by atoms with Gasteiger partial charge in [0.2, 0.25) is 5.91 Å². The van der Waals surface area contributed by atoms with Crippen molar-refractivity contribution in [3.63, 3.8) is 0 Å². The first-order valence-corrected chi connectivity index (χ1v) is 5.29. The minimum absolute atomic E-state index is 0.111. The van der Waals surface area contributed by atoms with E-state index in [0.29, 0.717) is 18.4 Å². The van der Waals surface area contributed by atoms with E-state index < -0.39 is 0 Å². The maximum absolute atomic E-state index is 11.1. The van der Waals surface area contributed by atoms with Gasteiger partial charge in [0, 0.05) is 12.7 Å². The SMILES string of the molecule is CC(=O)OC[C@H]1CS[C@@H]2CC(=O)N12. The molecule has 2 heterocycles. The number of ether oxygens (including phenoxy) is 1. The fourth-order valence-electron chi connectivity index (χ4n) is 1.62. The monoisotopic (exact) mass is 201 g/mol. The number of thioether (sulfide) groups is 1. The van der Waals surface area contributed by atoms with E-state index in [4.69, 9.17) is 4.74 Å². The van der Waals surface area contributed by atoms with Crippen LogP contribution in [0, 0.1) is 0 Å². The topological polar surface area (TPSA) is 46.6 Å². The maximum atomic E-state index is 11.1. The predicted octanol–water partition coefficient (Wildman–Crippen LogP) is 0.223. The Kier molecular flexibility index (Phi) is 2.19. The van der Waals surface area contributed by atoms with Gasteiger partial charge in [-0.3, -0.25) is 9.59 Å². The fourth-order valence-corrected chi connectivity index (χ4v) is 3.04. The second-order valence-electron chi connectivity index (χ2n) is 3.25.